The first-order valence-corrected chi connectivity index (χ1v) is 8.12. The van der Waals surface area contributed by atoms with Crippen molar-refractivity contribution in [3.8, 4) is 0 Å². The van der Waals surface area contributed by atoms with Crippen molar-refractivity contribution < 1.29 is 0 Å². The van der Waals surface area contributed by atoms with Gasteiger partial charge in [0.2, 0.25) is 0 Å². The number of nitrogens with one attached hydrogen (secondary N) is 1. The Morgan fingerprint density at radius 2 is 1.85 bits per heavy atom. The Labute approximate surface area is 130 Å². The maximum absolute atomic E-state index is 6.35. The largest absolute Gasteiger partial charge is 0.313 e. The van der Waals surface area contributed by atoms with E-state index in [1.54, 1.807) is 11.8 Å². The van der Waals surface area contributed by atoms with Gasteiger partial charge < -0.3 is 5.32 Å². The van der Waals surface area contributed by atoms with Crippen LogP contribution < -0.4 is 5.32 Å². The van der Waals surface area contributed by atoms with Crippen LogP contribution in [0.5, 0.6) is 0 Å². The number of hydrogen-bond acceptors (Lipinski definition) is 2. The maximum Gasteiger partial charge on any atom is 0.0462 e. The summed E-state index contributed by atoms with van der Waals surface area (Å²) >= 11 is 8.12. The summed E-state index contributed by atoms with van der Waals surface area (Å²) in [5.74, 6) is 0. The van der Waals surface area contributed by atoms with Crippen molar-refractivity contribution >= 4 is 23.4 Å². The lowest BCUT2D eigenvalue weighted by Gasteiger charge is -2.12. The Morgan fingerprint density at radius 1 is 1.10 bits per heavy atom. The summed E-state index contributed by atoms with van der Waals surface area (Å²) in [6.07, 6.45) is 1.13. The molecule has 0 spiro atoms. The van der Waals surface area contributed by atoms with E-state index >= 15 is 0 Å². The summed E-state index contributed by atoms with van der Waals surface area (Å²) in [6.45, 7) is 6.11. The SMILES string of the molecule is CCCNCc1c(Cl)cccc1Sc1ccc(C)cc1. The van der Waals surface area contributed by atoms with E-state index < -0.39 is 0 Å². The van der Waals surface area contributed by atoms with Crippen LogP contribution >= 0.6 is 23.4 Å². The quantitative estimate of drug-likeness (QED) is 0.727. The highest BCUT2D eigenvalue weighted by molar-refractivity contribution is 7.99. The lowest BCUT2D eigenvalue weighted by Crippen LogP contribution is -2.14. The number of aryl methyl sites for hydroxylation is 1. The first kappa shape index (κ1) is 15.4. The maximum atomic E-state index is 6.35. The van der Waals surface area contributed by atoms with Crippen molar-refractivity contribution in [3.63, 3.8) is 0 Å². The van der Waals surface area contributed by atoms with Crippen molar-refractivity contribution in [1.82, 2.24) is 5.32 Å². The molecule has 20 heavy (non-hydrogen) atoms. The first-order chi connectivity index (χ1) is 9.70. The van der Waals surface area contributed by atoms with Crippen LogP contribution in [0.1, 0.15) is 24.5 Å². The van der Waals surface area contributed by atoms with E-state index in [0.717, 1.165) is 24.5 Å². The van der Waals surface area contributed by atoms with Crippen molar-refractivity contribution in [2.75, 3.05) is 6.54 Å². The molecule has 0 aliphatic heterocycles. The van der Waals surface area contributed by atoms with Gasteiger partial charge in [0.25, 0.3) is 0 Å². The monoisotopic (exact) mass is 305 g/mol. The van der Waals surface area contributed by atoms with Gasteiger partial charge in [-0.25, -0.2) is 0 Å². The molecule has 0 saturated carbocycles. The van der Waals surface area contributed by atoms with Crippen molar-refractivity contribution in [3.05, 3.63) is 58.6 Å². The lowest BCUT2D eigenvalue weighted by atomic mass is 10.2. The molecule has 2 aromatic carbocycles. The van der Waals surface area contributed by atoms with E-state index in [4.69, 9.17) is 11.6 Å². The third kappa shape index (κ3) is 4.27. The zero-order valence-corrected chi connectivity index (χ0v) is 13.5. The van der Waals surface area contributed by atoms with Crippen LogP contribution in [-0.2, 0) is 6.54 Å². The van der Waals surface area contributed by atoms with E-state index in [2.05, 4.69) is 49.5 Å². The molecule has 0 radical (unpaired) electrons. The molecular formula is C17H20ClNS. The molecule has 3 heteroatoms. The van der Waals surface area contributed by atoms with E-state index in [9.17, 15) is 0 Å². The van der Waals surface area contributed by atoms with Gasteiger partial charge in [-0.1, -0.05) is 54.0 Å². The number of benzene rings is 2. The van der Waals surface area contributed by atoms with Gasteiger partial charge in [-0.05, 0) is 49.7 Å². The second-order valence-corrected chi connectivity index (χ2v) is 6.33. The Bertz CT molecular complexity index is 551. The molecule has 0 fully saturated rings. The molecule has 1 N–H and O–H groups in total. The normalized spacial score (nSPS) is 10.8. The molecule has 0 saturated heterocycles. The Hall–Kier alpha value is -0.960. The van der Waals surface area contributed by atoms with Crippen molar-refractivity contribution in [2.45, 2.75) is 36.6 Å². The number of halogens is 1. The van der Waals surface area contributed by atoms with Crippen LogP contribution in [0, 0.1) is 6.92 Å². The highest BCUT2D eigenvalue weighted by atomic mass is 35.5. The number of hydrogen-bond donors (Lipinski definition) is 1. The van der Waals surface area contributed by atoms with Crippen LogP contribution in [-0.4, -0.2) is 6.54 Å². The summed E-state index contributed by atoms with van der Waals surface area (Å²) in [4.78, 5) is 2.47. The fraction of sp³-hybridized carbons (Fsp3) is 0.294. The van der Waals surface area contributed by atoms with Gasteiger partial charge in [-0.15, -0.1) is 0 Å². The van der Waals surface area contributed by atoms with Crippen LogP contribution in [0.2, 0.25) is 5.02 Å². The Kier molecular flexibility index (Phi) is 5.96. The van der Waals surface area contributed by atoms with Gasteiger partial charge in [-0.2, -0.15) is 0 Å². The van der Waals surface area contributed by atoms with Crippen LogP contribution in [0.4, 0.5) is 0 Å². The summed E-state index contributed by atoms with van der Waals surface area (Å²) in [5, 5.41) is 4.27. The average Bonchev–Trinajstić information content (AvgIpc) is 2.44. The third-order valence-electron chi connectivity index (χ3n) is 3.05. The van der Waals surface area contributed by atoms with Crippen LogP contribution in [0.25, 0.3) is 0 Å². The van der Waals surface area contributed by atoms with Gasteiger partial charge in [0.05, 0.1) is 0 Å². The summed E-state index contributed by atoms with van der Waals surface area (Å²) < 4.78 is 0. The molecule has 0 amide bonds. The molecule has 106 valence electrons. The van der Waals surface area contributed by atoms with Crippen LogP contribution in [0.15, 0.2) is 52.3 Å². The van der Waals surface area contributed by atoms with E-state index in [0.29, 0.717) is 0 Å². The predicted octanol–water partition coefficient (Wildman–Crippen LogP) is 5.30. The van der Waals surface area contributed by atoms with E-state index in [-0.39, 0.29) is 0 Å². The van der Waals surface area contributed by atoms with Gasteiger partial charge in [0, 0.05) is 21.4 Å². The standard InChI is InChI=1S/C17H20ClNS/c1-3-11-19-12-15-16(18)5-4-6-17(15)20-14-9-7-13(2)8-10-14/h4-10,19H,3,11-12H2,1-2H3. The first-order valence-electron chi connectivity index (χ1n) is 6.93. The summed E-state index contributed by atoms with van der Waals surface area (Å²) in [5.41, 5.74) is 2.47. The summed E-state index contributed by atoms with van der Waals surface area (Å²) in [7, 11) is 0. The summed E-state index contributed by atoms with van der Waals surface area (Å²) in [6, 6.07) is 14.7. The molecule has 0 atom stereocenters. The highest BCUT2D eigenvalue weighted by Crippen LogP contribution is 2.33. The predicted molar refractivity (Wildman–Crippen MR) is 88.8 cm³/mol. The van der Waals surface area contributed by atoms with Crippen molar-refractivity contribution in [1.29, 1.82) is 0 Å². The van der Waals surface area contributed by atoms with Crippen molar-refractivity contribution in [2.24, 2.45) is 0 Å². The van der Waals surface area contributed by atoms with Gasteiger partial charge in [0.1, 0.15) is 0 Å². The smallest absolute Gasteiger partial charge is 0.0462 e. The van der Waals surface area contributed by atoms with Gasteiger partial charge >= 0.3 is 0 Å². The second-order valence-electron chi connectivity index (χ2n) is 4.81. The Morgan fingerprint density at radius 3 is 2.55 bits per heavy atom. The van der Waals surface area contributed by atoms with Gasteiger partial charge in [-0.3, -0.25) is 0 Å². The molecule has 0 bridgehead atoms. The second kappa shape index (κ2) is 7.72. The molecule has 0 heterocycles. The highest BCUT2D eigenvalue weighted by Gasteiger charge is 2.08. The average molecular weight is 306 g/mol. The molecular weight excluding hydrogens is 286 g/mol. The van der Waals surface area contributed by atoms with E-state index in [1.807, 2.05) is 12.1 Å². The number of rotatable bonds is 6. The molecule has 0 aliphatic carbocycles. The van der Waals surface area contributed by atoms with E-state index in [1.165, 1.54) is 20.9 Å². The lowest BCUT2D eigenvalue weighted by molar-refractivity contribution is 0.669. The molecule has 2 rings (SSSR count). The molecule has 1 nitrogen and oxygen atoms in total. The van der Waals surface area contributed by atoms with Gasteiger partial charge in [0.15, 0.2) is 0 Å². The minimum Gasteiger partial charge on any atom is -0.313 e. The molecule has 0 unspecified atom stereocenters. The molecule has 0 aromatic heterocycles. The topological polar surface area (TPSA) is 12.0 Å². The fourth-order valence-electron chi connectivity index (χ4n) is 1.93. The molecule has 0 aliphatic rings. The minimum atomic E-state index is 0.821. The Balaban J connectivity index is 2.17. The zero-order valence-electron chi connectivity index (χ0n) is 11.9. The fourth-order valence-corrected chi connectivity index (χ4v) is 3.20. The minimum absolute atomic E-state index is 0.821. The molecule has 2 aromatic rings. The third-order valence-corrected chi connectivity index (χ3v) is 4.52. The zero-order chi connectivity index (χ0) is 14.4. The van der Waals surface area contributed by atoms with Crippen LogP contribution in [0.3, 0.4) is 0 Å².